The number of halogens is 4. The quantitative estimate of drug-likeness (QED) is 0.791. The zero-order valence-electron chi connectivity index (χ0n) is 12.9. The lowest BCUT2D eigenvalue weighted by molar-refractivity contribution is -0.137. The maximum Gasteiger partial charge on any atom is 0.417 e. The second-order valence-corrected chi connectivity index (χ2v) is 5.44. The minimum atomic E-state index is -4.62. The van der Waals surface area contributed by atoms with Crippen LogP contribution in [0.3, 0.4) is 0 Å². The predicted octanol–water partition coefficient (Wildman–Crippen LogP) is 3.52. The van der Waals surface area contributed by atoms with E-state index in [2.05, 4.69) is 10.6 Å². The van der Waals surface area contributed by atoms with Gasteiger partial charge in [0.2, 0.25) is 0 Å². The molecule has 132 valence electrons. The normalized spacial score (nSPS) is 11.0. The molecule has 2 rings (SSSR count). The van der Waals surface area contributed by atoms with Gasteiger partial charge in [0.05, 0.1) is 21.7 Å². The highest BCUT2D eigenvalue weighted by Gasteiger charge is 2.34. The SMILES string of the molecule is O=C(NCCNC(=O)c1ccccc1C(F)(F)F)c1ccccc1Cl. The van der Waals surface area contributed by atoms with Gasteiger partial charge in [-0.2, -0.15) is 13.2 Å². The molecule has 0 heterocycles. The second kappa shape index (κ2) is 8.02. The number of amides is 2. The monoisotopic (exact) mass is 370 g/mol. The van der Waals surface area contributed by atoms with Crippen LogP contribution in [-0.2, 0) is 6.18 Å². The van der Waals surface area contributed by atoms with Crippen molar-refractivity contribution >= 4 is 23.4 Å². The number of carbonyl (C=O) groups excluding carboxylic acids is 2. The summed E-state index contributed by atoms with van der Waals surface area (Å²) in [5.41, 5.74) is -1.20. The van der Waals surface area contributed by atoms with Crippen molar-refractivity contribution < 1.29 is 22.8 Å². The fourth-order valence-electron chi connectivity index (χ4n) is 2.12. The van der Waals surface area contributed by atoms with Gasteiger partial charge in [0, 0.05) is 13.1 Å². The maximum atomic E-state index is 12.9. The summed E-state index contributed by atoms with van der Waals surface area (Å²) in [6.45, 7) is 0.0190. The van der Waals surface area contributed by atoms with Crippen molar-refractivity contribution in [1.29, 1.82) is 0 Å². The topological polar surface area (TPSA) is 58.2 Å². The van der Waals surface area contributed by atoms with Crippen molar-refractivity contribution in [3.8, 4) is 0 Å². The molecule has 25 heavy (non-hydrogen) atoms. The first-order valence-electron chi connectivity index (χ1n) is 7.28. The van der Waals surface area contributed by atoms with E-state index in [1.807, 2.05) is 0 Å². The van der Waals surface area contributed by atoms with Crippen molar-refractivity contribution in [3.05, 3.63) is 70.2 Å². The average Bonchev–Trinajstić information content (AvgIpc) is 2.58. The molecule has 0 radical (unpaired) electrons. The summed E-state index contributed by atoms with van der Waals surface area (Å²) < 4.78 is 38.6. The van der Waals surface area contributed by atoms with Gasteiger partial charge in [-0.3, -0.25) is 9.59 Å². The Kier molecular flexibility index (Phi) is 6.03. The van der Waals surface area contributed by atoms with Crippen LogP contribution in [0.4, 0.5) is 13.2 Å². The molecule has 0 atom stereocenters. The van der Waals surface area contributed by atoms with E-state index in [4.69, 9.17) is 11.6 Å². The summed E-state index contributed by atoms with van der Waals surface area (Å²) in [6, 6.07) is 10.9. The number of alkyl halides is 3. The number of benzene rings is 2. The molecule has 0 unspecified atom stereocenters. The minimum Gasteiger partial charge on any atom is -0.350 e. The largest absolute Gasteiger partial charge is 0.417 e. The molecule has 0 aliphatic heterocycles. The van der Waals surface area contributed by atoms with Gasteiger partial charge in [-0.15, -0.1) is 0 Å². The third kappa shape index (κ3) is 4.96. The summed E-state index contributed by atoms with van der Waals surface area (Å²) in [5.74, 6) is -1.30. The summed E-state index contributed by atoms with van der Waals surface area (Å²) in [5, 5.41) is 5.16. The molecule has 0 bridgehead atoms. The molecule has 0 aliphatic rings. The van der Waals surface area contributed by atoms with Gasteiger partial charge in [0.15, 0.2) is 0 Å². The van der Waals surface area contributed by atoms with E-state index in [1.165, 1.54) is 18.2 Å². The highest BCUT2D eigenvalue weighted by Crippen LogP contribution is 2.31. The Morgan fingerprint density at radius 2 is 1.32 bits per heavy atom. The highest BCUT2D eigenvalue weighted by atomic mass is 35.5. The Labute approximate surface area is 147 Å². The van der Waals surface area contributed by atoms with Crippen LogP contribution in [-0.4, -0.2) is 24.9 Å². The smallest absolute Gasteiger partial charge is 0.350 e. The Balaban J connectivity index is 1.90. The van der Waals surface area contributed by atoms with Crippen molar-refractivity contribution in [2.45, 2.75) is 6.18 Å². The van der Waals surface area contributed by atoms with E-state index in [9.17, 15) is 22.8 Å². The van der Waals surface area contributed by atoms with Gasteiger partial charge in [0.1, 0.15) is 0 Å². The van der Waals surface area contributed by atoms with Gasteiger partial charge in [-0.1, -0.05) is 35.9 Å². The third-order valence-corrected chi connectivity index (χ3v) is 3.62. The summed E-state index contributed by atoms with van der Waals surface area (Å²) in [4.78, 5) is 23.8. The summed E-state index contributed by atoms with van der Waals surface area (Å²) >= 11 is 5.89. The second-order valence-electron chi connectivity index (χ2n) is 5.03. The Hall–Kier alpha value is -2.54. The molecule has 0 saturated carbocycles. The molecule has 2 amide bonds. The van der Waals surface area contributed by atoms with Gasteiger partial charge in [-0.25, -0.2) is 0 Å². The summed E-state index contributed by atoms with van der Waals surface area (Å²) in [7, 11) is 0. The van der Waals surface area contributed by atoms with E-state index < -0.39 is 29.1 Å². The number of nitrogens with one attached hydrogen (secondary N) is 2. The van der Waals surface area contributed by atoms with Crippen LogP contribution in [0.2, 0.25) is 5.02 Å². The van der Waals surface area contributed by atoms with Crippen LogP contribution in [0, 0.1) is 0 Å². The standard InChI is InChI=1S/C17H14ClF3N2O2/c18-14-8-4-2-6-12(14)16(25)23-10-9-22-15(24)11-5-1-3-7-13(11)17(19,20)21/h1-8H,9-10H2,(H,22,24)(H,23,25). The van der Waals surface area contributed by atoms with E-state index in [-0.39, 0.29) is 23.7 Å². The van der Waals surface area contributed by atoms with Crippen molar-refractivity contribution in [2.75, 3.05) is 13.1 Å². The van der Waals surface area contributed by atoms with Crippen LogP contribution >= 0.6 is 11.6 Å². The van der Waals surface area contributed by atoms with Crippen molar-refractivity contribution in [2.24, 2.45) is 0 Å². The number of carbonyl (C=O) groups is 2. The minimum absolute atomic E-state index is 0.0266. The molecule has 0 spiro atoms. The van der Waals surface area contributed by atoms with E-state index in [0.717, 1.165) is 12.1 Å². The lowest BCUT2D eigenvalue weighted by Crippen LogP contribution is -2.35. The van der Waals surface area contributed by atoms with E-state index in [0.29, 0.717) is 0 Å². The Morgan fingerprint density at radius 1 is 0.840 bits per heavy atom. The zero-order valence-corrected chi connectivity index (χ0v) is 13.6. The Bertz CT molecular complexity index is 778. The van der Waals surface area contributed by atoms with Gasteiger partial charge in [-0.05, 0) is 24.3 Å². The molecule has 2 aromatic carbocycles. The average molecular weight is 371 g/mol. The molecule has 0 aliphatic carbocycles. The van der Waals surface area contributed by atoms with Crippen LogP contribution in [0.15, 0.2) is 48.5 Å². The first-order valence-corrected chi connectivity index (χ1v) is 7.65. The predicted molar refractivity (Wildman–Crippen MR) is 87.6 cm³/mol. The molecule has 0 fully saturated rings. The fraction of sp³-hybridized carbons (Fsp3) is 0.176. The molecule has 0 aromatic heterocycles. The maximum absolute atomic E-state index is 12.9. The van der Waals surface area contributed by atoms with Crippen molar-refractivity contribution in [1.82, 2.24) is 10.6 Å². The highest BCUT2D eigenvalue weighted by molar-refractivity contribution is 6.33. The third-order valence-electron chi connectivity index (χ3n) is 3.29. The van der Waals surface area contributed by atoms with Gasteiger partial charge < -0.3 is 10.6 Å². The summed E-state index contributed by atoms with van der Waals surface area (Å²) in [6.07, 6.45) is -4.62. The fourth-order valence-corrected chi connectivity index (χ4v) is 2.34. The number of rotatable bonds is 5. The van der Waals surface area contributed by atoms with Crippen LogP contribution < -0.4 is 10.6 Å². The molecule has 0 saturated heterocycles. The van der Waals surface area contributed by atoms with Crippen LogP contribution in [0.5, 0.6) is 0 Å². The Morgan fingerprint density at radius 3 is 1.88 bits per heavy atom. The molecule has 8 heteroatoms. The molecule has 4 nitrogen and oxygen atoms in total. The van der Waals surface area contributed by atoms with E-state index >= 15 is 0 Å². The van der Waals surface area contributed by atoms with Crippen LogP contribution in [0.25, 0.3) is 0 Å². The molecular formula is C17H14ClF3N2O2. The first kappa shape index (κ1) is 18.8. The first-order chi connectivity index (χ1) is 11.8. The van der Waals surface area contributed by atoms with Gasteiger partial charge in [0.25, 0.3) is 11.8 Å². The zero-order chi connectivity index (χ0) is 18.4. The molecular weight excluding hydrogens is 357 g/mol. The lowest BCUT2D eigenvalue weighted by atomic mass is 10.1. The van der Waals surface area contributed by atoms with E-state index in [1.54, 1.807) is 18.2 Å². The number of hydrogen-bond donors (Lipinski definition) is 2. The van der Waals surface area contributed by atoms with Gasteiger partial charge >= 0.3 is 6.18 Å². The molecule has 2 N–H and O–H groups in total. The lowest BCUT2D eigenvalue weighted by Gasteiger charge is -2.13. The van der Waals surface area contributed by atoms with Crippen LogP contribution in [0.1, 0.15) is 26.3 Å². The molecule has 2 aromatic rings. The van der Waals surface area contributed by atoms with Crippen molar-refractivity contribution in [3.63, 3.8) is 0 Å². The number of hydrogen-bond acceptors (Lipinski definition) is 2.